The smallest absolute Gasteiger partial charge is 0.261 e. The minimum absolute atomic E-state index is 0.0637. The minimum atomic E-state index is -0.0637. The molecular weight excluding hydrogens is 260 g/mol. The van der Waals surface area contributed by atoms with Crippen molar-refractivity contribution in [1.29, 1.82) is 0 Å². The number of aryl methyl sites for hydroxylation is 1. The third-order valence-electron chi connectivity index (χ3n) is 2.65. The molecule has 1 N–H and O–H groups in total. The van der Waals surface area contributed by atoms with Gasteiger partial charge in [0.2, 0.25) is 0 Å². The molecule has 0 fully saturated rings. The van der Waals surface area contributed by atoms with Crippen LogP contribution in [-0.2, 0) is 19.0 Å². The molecule has 2 rings (SSSR count). The number of amides is 1. The molecule has 0 aliphatic rings. The summed E-state index contributed by atoms with van der Waals surface area (Å²) in [6.07, 6.45) is 1.65. The number of aromatic nitrogens is 3. The van der Waals surface area contributed by atoms with E-state index in [4.69, 9.17) is 0 Å². The predicted molar refractivity (Wildman–Crippen MR) is 75.2 cm³/mol. The quantitative estimate of drug-likeness (QED) is 0.935. The number of rotatable bonds is 3. The summed E-state index contributed by atoms with van der Waals surface area (Å²) in [6.45, 7) is 6.82. The molecule has 1 amide bonds. The molecule has 2 aromatic rings. The summed E-state index contributed by atoms with van der Waals surface area (Å²) in [6, 6.07) is 3.89. The first-order valence-electron chi connectivity index (χ1n) is 6.10. The Morgan fingerprint density at radius 2 is 2.16 bits per heavy atom. The Labute approximate surface area is 116 Å². The van der Waals surface area contributed by atoms with Crippen molar-refractivity contribution in [3.63, 3.8) is 0 Å². The summed E-state index contributed by atoms with van der Waals surface area (Å²) in [7, 11) is 1.75. The SMILES string of the molecule is Cn1ncc(CNC(=O)c2ccc(C(C)(C)C)s2)n1. The van der Waals surface area contributed by atoms with Crippen LogP contribution in [0.5, 0.6) is 0 Å². The van der Waals surface area contributed by atoms with E-state index in [-0.39, 0.29) is 11.3 Å². The zero-order valence-electron chi connectivity index (χ0n) is 11.6. The van der Waals surface area contributed by atoms with Crippen LogP contribution in [0.15, 0.2) is 18.3 Å². The van der Waals surface area contributed by atoms with Crippen molar-refractivity contribution in [1.82, 2.24) is 20.3 Å². The van der Waals surface area contributed by atoms with Crippen LogP contribution in [-0.4, -0.2) is 20.9 Å². The lowest BCUT2D eigenvalue weighted by atomic mass is 9.95. The second kappa shape index (κ2) is 5.13. The first kappa shape index (κ1) is 13.7. The molecule has 5 nitrogen and oxygen atoms in total. The number of nitrogens with zero attached hydrogens (tertiary/aromatic N) is 3. The molecule has 0 unspecified atom stereocenters. The van der Waals surface area contributed by atoms with Gasteiger partial charge in [-0.25, -0.2) is 0 Å². The van der Waals surface area contributed by atoms with Gasteiger partial charge >= 0.3 is 0 Å². The molecule has 0 saturated heterocycles. The normalized spacial score (nSPS) is 11.6. The van der Waals surface area contributed by atoms with E-state index in [0.29, 0.717) is 6.54 Å². The largest absolute Gasteiger partial charge is 0.346 e. The van der Waals surface area contributed by atoms with Gasteiger partial charge in [0.15, 0.2) is 0 Å². The van der Waals surface area contributed by atoms with Crippen molar-refractivity contribution in [2.45, 2.75) is 32.7 Å². The first-order valence-corrected chi connectivity index (χ1v) is 6.91. The molecule has 0 aliphatic heterocycles. The predicted octanol–water partition coefficient (Wildman–Crippen LogP) is 2.10. The number of hydrogen-bond donors (Lipinski definition) is 1. The van der Waals surface area contributed by atoms with Gasteiger partial charge in [-0.2, -0.15) is 15.0 Å². The molecule has 0 aromatic carbocycles. The van der Waals surface area contributed by atoms with Crippen LogP contribution in [0.1, 0.15) is 41.0 Å². The molecule has 0 saturated carbocycles. The Morgan fingerprint density at radius 3 is 2.68 bits per heavy atom. The summed E-state index contributed by atoms with van der Waals surface area (Å²) in [5.74, 6) is -0.0637. The van der Waals surface area contributed by atoms with E-state index in [9.17, 15) is 4.79 Å². The van der Waals surface area contributed by atoms with Gasteiger partial charge in [0.25, 0.3) is 5.91 Å². The Kier molecular flexibility index (Phi) is 3.71. The summed E-state index contributed by atoms with van der Waals surface area (Å²) in [5, 5.41) is 10.9. The fraction of sp³-hybridized carbons (Fsp3) is 0.462. The number of thiophene rings is 1. The summed E-state index contributed by atoms with van der Waals surface area (Å²) >= 11 is 1.53. The van der Waals surface area contributed by atoms with Crippen molar-refractivity contribution >= 4 is 17.2 Å². The number of carbonyl (C=O) groups excluding carboxylic acids is 1. The molecule has 2 heterocycles. The molecule has 19 heavy (non-hydrogen) atoms. The molecule has 0 spiro atoms. The van der Waals surface area contributed by atoms with Crippen molar-refractivity contribution in [2.24, 2.45) is 7.05 Å². The highest BCUT2D eigenvalue weighted by atomic mass is 32.1. The van der Waals surface area contributed by atoms with Crippen molar-refractivity contribution < 1.29 is 4.79 Å². The summed E-state index contributed by atoms with van der Waals surface area (Å²) < 4.78 is 0. The van der Waals surface area contributed by atoms with E-state index in [1.54, 1.807) is 13.2 Å². The number of carbonyl (C=O) groups is 1. The van der Waals surface area contributed by atoms with Crippen LogP contribution < -0.4 is 5.32 Å². The molecule has 0 atom stereocenters. The van der Waals surface area contributed by atoms with Gasteiger partial charge in [-0.1, -0.05) is 20.8 Å². The maximum Gasteiger partial charge on any atom is 0.261 e. The molecule has 0 aliphatic carbocycles. The van der Waals surface area contributed by atoms with E-state index >= 15 is 0 Å². The highest BCUT2D eigenvalue weighted by Gasteiger charge is 2.18. The maximum absolute atomic E-state index is 12.0. The van der Waals surface area contributed by atoms with Gasteiger partial charge < -0.3 is 5.32 Å². The summed E-state index contributed by atoms with van der Waals surface area (Å²) in [4.78, 5) is 15.4. The van der Waals surface area contributed by atoms with E-state index in [2.05, 4.69) is 36.3 Å². The van der Waals surface area contributed by atoms with E-state index < -0.39 is 0 Å². The van der Waals surface area contributed by atoms with E-state index in [1.807, 2.05) is 12.1 Å². The molecule has 0 bridgehead atoms. The van der Waals surface area contributed by atoms with Gasteiger partial charge in [-0.15, -0.1) is 11.3 Å². The average molecular weight is 278 g/mol. The van der Waals surface area contributed by atoms with Crippen LogP contribution in [0.2, 0.25) is 0 Å². The molecule has 6 heteroatoms. The minimum Gasteiger partial charge on any atom is -0.346 e. The Hall–Kier alpha value is -1.69. The fourth-order valence-corrected chi connectivity index (χ4v) is 2.57. The lowest BCUT2D eigenvalue weighted by Gasteiger charge is -2.15. The zero-order chi connectivity index (χ0) is 14.0. The van der Waals surface area contributed by atoms with Gasteiger partial charge in [-0.05, 0) is 17.5 Å². The topological polar surface area (TPSA) is 59.8 Å². The maximum atomic E-state index is 12.0. The number of hydrogen-bond acceptors (Lipinski definition) is 4. The summed E-state index contributed by atoms with van der Waals surface area (Å²) in [5.41, 5.74) is 0.831. The lowest BCUT2D eigenvalue weighted by molar-refractivity contribution is 0.0954. The van der Waals surface area contributed by atoms with Crippen LogP contribution in [0.3, 0.4) is 0 Å². The highest BCUT2D eigenvalue weighted by molar-refractivity contribution is 7.14. The third kappa shape index (κ3) is 3.41. The first-order chi connectivity index (χ1) is 8.86. The van der Waals surface area contributed by atoms with Gasteiger partial charge in [-0.3, -0.25) is 4.79 Å². The van der Waals surface area contributed by atoms with Crippen molar-refractivity contribution in [3.8, 4) is 0 Å². The lowest BCUT2D eigenvalue weighted by Crippen LogP contribution is -2.22. The van der Waals surface area contributed by atoms with Gasteiger partial charge in [0, 0.05) is 11.9 Å². The highest BCUT2D eigenvalue weighted by Crippen LogP contribution is 2.29. The van der Waals surface area contributed by atoms with Crippen molar-refractivity contribution in [2.75, 3.05) is 0 Å². The fourth-order valence-electron chi connectivity index (χ4n) is 1.59. The van der Waals surface area contributed by atoms with Crippen LogP contribution in [0, 0.1) is 0 Å². The van der Waals surface area contributed by atoms with Crippen molar-refractivity contribution in [3.05, 3.63) is 33.8 Å². The molecule has 102 valence electrons. The zero-order valence-corrected chi connectivity index (χ0v) is 12.4. The molecule has 0 radical (unpaired) electrons. The second-order valence-electron chi connectivity index (χ2n) is 5.42. The molecular formula is C13H18N4OS. The Balaban J connectivity index is 1.98. The van der Waals surface area contributed by atoms with Crippen LogP contribution >= 0.6 is 11.3 Å². The average Bonchev–Trinajstić information content (AvgIpc) is 2.93. The molecule has 2 aromatic heterocycles. The van der Waals surface area contributed by atoms with Crippen LogP contribution in [0.25, 0.3) is 0 Å². The second-order valence-corrected chi connectivity index (χ2v) is 6.51. The van der Waals surface area contributed by atoms with Gasteiger partial charge in [0.05, 0.1) is 17.6 Å². The number of nitrogens with one attached hydrogen (secondary N) is 1. The Morgan fingerprint density at radius 1 is 1.42 bits per heavy atom. The third-order valence-corrected chi connectivity index (χ3v) is 4.16. The monoisotopic (exact) mass is 278 g/mol. The van der Waals surface area contributed by atoms with Crippen LogP contribution in [0.4, 0.5) is 0 Å². The Bertz CT molecular complexity index is 579. The van der Waals surface area contributed by atoms with E-state index in [0.717, 1.165) is 10.6 Å². The standard InChI is InChI=1S/C13H18N4OS/c1-13(2,3)11-6-5-10(19-11)12(18)14-7-9-8-15-17(4)16-9/h5-6,8H,7H2,1-4H3,(H,14,18). The van der Waals surface area contributed by atoms with E-state index in [1.165, 1.54) is 21.0 Å². The van der Waals surface area contributed by atoms with Gasteiger partial charge in [0.1, 0.15) is 5.69 Å².